The van der Waals surface area contributed by atoms with E-state index in [0.29, 0.717) is 11.4 Å². The maximum Gasteiger partial charge on any atom is 0.231 e. The molecule has 0 heterocycles. The number of hydrogen-bond donors (Lipinski definition) is 1. The summed E-state index contributed by atoms with van der Waals surface area (Å²) in [6.07, 6.45) is 0. The minimum Gasteiger partial charge on any atom is -0.497 e. The van der Waals surface area contributed by atoms with Crippen LogP contribution in [-0.2, 0) is 14.6 Å². The molecule has 128 valence electrons. The van der Waals surface area contributed by atoms with E-state index in [1.807, 2.05) is 12.1 Å². The van der Waals surface area contributed by atoms with Crippen molar-refractivity contribution in [3.8, 4) is 5.75 Å². The lowest BCUT2D eigenvalue weighted by Crippen LogP contribution is -2.20. The molecule has 0 aromatic heterocycles. The van der Waals surface area contributed by atoms with E-state index in [0.717, 1.165) is 5.56 Å². The Labute approximate surface area is 142 Å². The summed E-state index contributed by atoms with van der Waals surface area (Å²) < 4.78 is 29.4. The molecule has 1 amide bonds. The van der Waals surface area contributed by atoms with Gasteiger partial charge in [-0.15, -0.1) is 0 Å². The fourth-order valence-corrected chi connectivity index (χ4v) is 3.33. The van der Waals surface area contributed by atoms with Crippen molar-refractivity contribution in [2.24, 2.45) is 0 Å². The molecule has 2 rings (SSSR count). The van der Waals surface area contributed by atoms with Crippen molar-refractivity contribution in [3.63, 3.8) is 0 Å². The van der Waals surface area contributed by atoms with Gasteiger partial charge in [-0.3, -0.25) is 4.79 Å². The predicted octanol–water partition coefficient (Wildman–Crippen LogP) is 3.23. The molecule has 6 heteroatoms. The molecule has 0 bridgehead atoms. The van der Waals surface area contributed by atoms with Crippen LogP contribution in [0.3, 0.4) is 0 Å². The average Bonchev–Trinajstić information content (AvgIpc) is 2.61. The van der Waals surface area contributed by atoms with Gasteiger partial charge in [0.2, 0.25) is 5.91 Å². The van der Waals surface area contributed by atoms with Gasteiger partial charge in [0, 0.05) is 0 Å². The first-order valence-electron chi connectivity index (χ1n) is 7.65. The van der Waals surface area contributed by atoms with Gasteiger partial charge in [-0.25, -0.2) is 8.42 Å². The number of carbonyl (C=O) groups excluding carboxylic acids is 1. The number of nitrogens with one attached hydrogen (secondary N) is 1. The molecule has 0 saturated heterocycles. The van der Waals surface area contributed by atoms with Gasteiger partial charge in [-0.2, -0.15) is 0 Å². The zero-order valence-electron chi connectivity index (χ0n) is 13.9. The lowest BCUT2D eigenvalue weighted by molar-refractivity contribution is -0.117. The summed E-state index contributed by atoms with van der Waals surface area (Å²) in [6.45, 7) is 3.35. The van der Waals surface area contributed by atoms with Crippen molar-refractivity contribution in [1.29, 1.82) is 0 Å². The van der Waals surface area contributed by atoms with E-state index >= 15 is 0 Å². The molecule has 0 radical (unpaired) electrons. The molecular weight excluding hydrogens is 326 g/mol. The van der Waals surface area contributed by atoms with Crippen LogP contribution >= 0.6 is 0 Å². The SMILES string of the molecule is CCS(=O)(=O)c1ccccc1NC(=O)[C@H](C)c1ccc(OC)cc1. The quantitative estimate of drug-likeness (QED) is 0.871. The van der Waals surface area contributed by atoms with Crippen LogP contribution in [0.5, 0.6) is 5.75 Å². The first-order valence-corrected chi connectivity index (χ1v) is 9.31. The van der Waals surface area contributed by atoms with Gasteiger partial charge < -0.3 is 10.1 Å². The van der Waals surface area contributed by atoms with Crippen molar-refractivity contribution >= 4 is 21.4 Å². The Kier molecular flexibility index (Phi) is 5.62. The van der Waals surface area contributed by atoms with Crippen LogP contribution in [0, 0.1) is 0 Å². The number of amides is 1. The third kappa shape index (κ3) is 3.94. The van der Waals surface area contributed by atoms with Crippen LogP contribution in [0.25, 0.3) is 0 Å². The van der Waals surface area contributed by atoms with Crippen LogP contribution in [-0.4, -0.2) is 27.2 Å². The van der Waals surface area contributed by atoms with E-state index in [4.69, 9.17) is 4.74 Å². The summed E-state index contributed by atoms with van der Waals surface area (Å²) >= 11 is 0. The zero-order valence-corrected chi connectivity index (χ0v) is 14.8. The Morgan fingerprint density at radius 2 is 1.75 bits per heavy atom. The number of hydrogen-bond acceptors (Lipinski definition) is 4. The maximum absolute atomic E-state index is 12.5. The molecule has 0 aliphatic carbocycles. The van der Waals surface area contributed by atoms with Crippen molar-refractivity contribution in [2.75, 3.05) is 18.2 Å². The predicted molar refractivity (Wildman–Crippen MR) is 94.2 cm³/mol. The summed E-state index contributed by atoms with van der Waals surface area (Å²) in [6, 6.07) is 13.7. The Morgan fingerprint density at radius 3 is 2.33 bits per heavy atom. The van der Waals surface area contributed by atoms with E-state index in [-0.39, 0.29) is 16.6 Å². The molecule has 24 heavy (non-hydrogen) atoms. The highest BCUT2D eigenvalue weighted by molar-refractivity contribution is 7.91. The van der Waals surface area contributed by atoms with Gasteiger partial charge in [-0.05, 0) is 36.8 Å². The Bertz CT molecular complexity index is 813. The maximum atomic E-state index is 12.5. The third-order valence-corrected chi connectivity index (χ3v) is 5.66. The van der Waals surface area contributed by atoms with Gasteiger partial charge in [0.1, 0.15) is 5.75 Å². The van der Waals surface area contributed by atoms with Gasteiger partial charge in [0.05, 0.1) is 29.4 Å². The highest BCUT2D eigenvalue weighted by Crippen LogP contribution is 2.25. The molecule has 1 N–H and O–H groups in total. The Morgan fingerprint density at radius 1 is 1.12 bits per heavy atom. The van der Waals surface area contributed by atoms with Gasteiger partial charge in [0.25, 0.3) is 0 Å². The number of carbonyl (C=O) groups is 1. The molecule has 0 unspecified atom stereocenters. The Balaban J connectivity index is 2.23. The lowest BCUT2D eigenvalue weighted by Gasteiger charge is -2.15. The number of benzene rings is 2. The Hall–Kier alpha value is -2.34. The summed E-state index contributed by atoms with van der Waals surface area (Å²) in [4.78, 5) is 12.6. The van der Waals surface area contributed by atoms with Gasteiger partial charge in [-0.1, -0.05) is 31.2 Å². The molecule has 1 atom stereocenters. The second-order valence-electron chi connectivity index (χ2n) is 5.38. The minimum atomic E-state index is -3.41. The summed E-state index contributed by atoms with van der Waals surface area (Å²) in [5.41, 5.74) is 1.13. The number of methoxy groups -OCH3 is 1. The van der Waals surface area contributed by atoms with Crippen molar-refractivity contribution in [1.82, 2.24) is 0 Å². The molecule has 5 nitrogen and oxygen atoms in total. The topological polar surface area (TPSA) is 72.5 Å². The monoisotopic (exact) mass is 347 g/mol. The van der Waals surface area contributed by atoms with E-state index in [1.54, 1.807) is 51.3 Å². The summed E-state index contributed by atoms with van der Waals surface area (Å²) in [5, 5.41) is 2.73. The average molecular weight is 347 g/mol. The molecule has 0 fully saturated rings. The normalized spacial score (nSPS) is 12.5. The van der Waals surface area contributed by atoms with E-state index < -0.39 is 15.8 Å². The number of sulfone groups is 1. The number of anilines is 1. The van der Waals surface area contributed by atoms with Crippen LogP contribution < -0.4 is 10.1 Å². The highest BCUT2D eigenvalue weighted by atomic mass is 32.2. The second kappa shape index (κ2) is 7.49. The molecule has 0 spiro atoms. The molecule has 0 aliphatic rings. The van der Waals surface area contributed by atoms with Gasteiger partial charge >= 0.3 is 0 Å². The number of para-hydroxylation sites is 1. The van der Waals surface area contributed by atoms with Crippen molar-refractivity contribution in [3.05, 3.63) is 54.1 Å². The molecule has 0 aliphatic heterocycles. The van der Waals surface area contributed by atoms with Crippen LogP contribution in [0.2, 0.25) is 0 Å². The largest absolute Gasteiger partial charge is 0.497 e. The first-order chi connectivity index (χ1) is 11.4. The van der Waals surface area contributed by atoms with E-state index in [9.17, 15) is 13.2 Å². The highest BCUT2D eigenvalue weighted by Gasteiger charge is 2.20. The molecule has 2 aromatic rings. The van der Waals surface area contributed by atoms with E-state index in [2.05, 4.69) is 5.32 Å². The summed E-state index contributed by atoms with van der Waals surface area (Å²) in [7, 11) is -1.83. The number of rotatable bonds is 6. The molecule has 2 aromatic carbocycles. The lowest BCUT2D eigenvalue weighted by atomic mass is 10.00. The van der Waals surface area contributed by atoms with Crippen molar-refractivity contribution < 1.29 is 17.9 Å². The molecule has 0 saturated carbocycles. The second-order valence-corrected chi connectivity index (χ2v) is 7.63. The van der Waals surface area contributed by atoms with E-state index in [1.165, 1.54) is 6.07 Å². The van der Waals surface area contributed by atoms with Gasteiger partial charge in [0.15, 0.2) is 9.84 Å². The summed E-state index contributed by atoms with van der Waals surface area (Å²) in [5.74, 6) is 0.00596. The van der Waals surface area contributed by atoms with Crippen LogP contribution in [0.4, 0.5) is 5.69 Å². The number of ether oxygens (including phenoxy) is 1. The minimum absolute atomic E-state index is 0.0199. The fourth-order valence-electron chi connectivity index (χ4n) is 2.28. The van der Waals surface area contributed by atoms with Crippen LogP contribution in [0.1, 0.15) is 25.3 Å². The fraction of sp³-hybridized carbons (Fsp3) is 0.278. The smallest absolute Gasteiger partial charge is 0.231 e. The zero-order chi connectivity index (χ0) is 17.7. The van der Waals surface area contributed by atoms with Crippen LogP contribution in [0.15, 0.2) is 53.4 Å². The first kappa shape index (κ1) is 18.0. The van der Waals surface area contributed by atoms with Crippen molar-refractivity contribution in [2.45, 2.75) is 24.7 Å². The third-order valence-electron chi connectivity index (χ3n) is 3.87. The standard InChI is InChI=1S/C18H21NO4S/c1-4-24(21,22)17-8-6-5-7-16(17)19-18(20)13(2)14-9-11-15(23-3)12-10-14/h5-13H,4H2,1-3H3,(H,19,20)/t13-/m1/s1. The molecular formula is C18H21NO4S.